The van der Waals surface area contributed by atoms with E-state index in [2.05, 4.69) is 5.32 Å². The van der Waals surface area contributed by atoms with Gasteiger partial charge in [0.15, 0.2) is 0 Å². The Balaban J connectivity index is 2.40. The van der Waals surface area contributed by atoms with Crippen LogP contribution in [0.25, 0.3) is 0 Å². The van der Waals surface area contributed by atoms with Crippen molar-refractivity contribution in [3.05, 3.63) is 0 Å². The third kappa shape index (κ3) is 5.54. The van der Waals surface area contributed by atoms with Crippen molar-refractivity contribution in [3.8, 4) is 0 Å². The Hall–Kier alpha value is -0.330. The van der Waals surface area contributed by atoms with Gasteiger partial charge >= 0.3 is 6.18 Å². The molecule has 0 aromatic heterocycles. The first-order valence-corrected chi connectivity index (χ1v) is 6.41. The maximum atomic E-state index is 12.2. The zero-order valence-corrected chi connectivity index (χ0v) is 11.1. The van der Waals surface area contributed by atoms with Crippen molar-refractivity contribution in [1.82, 2.24) is 10.2 Å². The molecule has 108 valence electrons. The van der Waals surface area contributed by atoms with Crippen molar-refractivity contribution in [2.45, 2.75) is 25.9 Å². The van der Waals surface area contributed by atoms with Crippen LogP contribution in [-0.2, 0) is 4.74 Å². The van der Waals surface area contributed by atoms with E-state index in [1.54, 1.807) is 11.9 Å². The van der Waals surface area contributed by atoms with E-state index in [9.17, 15) is 13.2 Å². The number of rotatable bonds is 7. The number of nitrogens with one attached hydrogen (secondary N) is 1. The highest BCUT2D eigenvalue weighted by atomic mass is 19.4. The molecule has 1 fully saturated rings. The van der Waals surface area contributed by atoms with Crippen LogP contribution in [0.5, 0.6) is 0 Å². The van der Waals surface area contributed by atoms with Crippen LogP contribution in [0.4, 0.5) is 13.2 Å². The average molecular weight is 268 g/mol. The van der Waals surface area contributed by atoms with Crippen molar-refractivity contribution >= 4 is 0 Å². The normalized spacial score (nSPS) is 25.0. The minimum atomic E-state index is -4.07. The minimum Gasteiger partial charge on any atom is -0.381 e. The molecule has 1 aliphatic rings. The van der Waals surface area contributed by atoms with E-state index < -0.39 is 12.6 Å². The second-order valence-electron chi connectivity index (χ2n) is 5.19. The number of hydrogen-bond acceptors (Lipinski definition) is 3. The number of nitrogens with zero attached hydrogens (tertiary/aromatic N) is 1. The molecule has 1 unspecified atom stereocenters. The predicted octanol–water partition coefficient (Wildman–Crippen LogP) is 1.89. The van der Waals surface area contributed by atoms with E-state index in [1.807, 2.05) is 6.92 Å². The Morgan fingerprint density at radius 3 is 2.61 bits per heavy atom. The maximum Gasteiger partial charge on any atom is 0.390 e. The summed E-state index contributed by atoms with van der Waals surface area (Å²) in [5.74, 6) is 0. The minimum absolute atomic E-state index is 0.0314. The standard InChI is InChI=1S/C12H23F3N2O/c1-3-16-8-11(5-7-18-10-11)9-17(2)6-4-12(13,14)15/h16H,3-10H2,1-2H3. The quantitative estimate of drug-likeness (QED) is 0.763. The molecular weight excluding hydrogens is 245 g/mol. The SMILES string of the molecule is CCNCC1(CN(C)CCC(F)(F)F)CCOC1. The summed E-state index contributed by atoms with van der Waals surface area (Å²) in [4.78, 5) is 1.76. The topological polar surface area (TPSA) is 24.5 Å². The first-order chi connectivity index (χ1) is 8.37. The van der Waals surface area contributed by atoms with Crippen molar-refractivity contribution in [2.24, 2.45) is 5.41 Å². The summed E-state index contributed by atoms with van der Waals surface area (Å²) in [6.07, 6.45) is -3.91. The molecule has 1 N–H and O–H groups in total. The van der Waals surface area contributed by atoms with E-state index in [0.717, 1.165) is 19.5 Å². The smallest absolute Gasteiger partial charge is 0.381 e. The second-order valence-corrected chi connectivity index (χ2v) is 5.19. The molecule has 0 aromatic rings. The van der Waals surface area contributed by atoms with Crippen LogP contribution >= 0.6 is 0 Å². The Morgan fingerprint density at radius 2 is 2.11 bits per heavy atom. The molecule has 1 saturated heterocycles. The van der Waals surface area contributed by atoms with Gasteiger partial charge in [0.2, 0.25) is 0 Å². The molecule has 1 atom stereocenters. The van der Waals surface area contributed by atoms with Gasteiger partial charge < -0.3 is 15.0 Å². The summed E-state index contributed by atoms with van der Waals surface area (Å²) in [6, 6.07) is 0. The fraction of sp³-hybridized carbons (Fsp3) is 1.00. The Labute approximate surface area is 107 Å². The van der Waals surface area contributed by atoms with Crippen LogP contribution in [0.3, 0.4) is 0 Å². The van der Waals surface area contributed by atoms with Gasteiger partial charge in [-0.2, -0.15) is 13.2 Å². The van der Waals surface area contributed by atoms with Crippen LogP contribution < -0.4 is 5.32 Å². The van der Waals surface area contributed by atoms with Gasteiger partial charge in [-0.1, -0.05) is 6.92 Å². The van der Waals surface area contributed by atoms with Crippen molar-refractivity contribution in [2.75, 3.05) is 46.4 Å². The van der Waals surface area contributed by atoms with Gasteiger partial charge in [0, 0.05) is 31.7 Å². The lowest BCUT2D eigenvalue weighted by Crippen LogP contribution is -2.44. The second kappa shape index (κ2) is 6.73. The van der Waals surface area contributed by atoms with E-state index in [-0.39, 0.29) is 12.0 Å². The monoisotopic (exact) mass is 268 g/mol. The van der Waals surface area contributed by atoms with Crippen LogP contribution in [0, 0.1) is 5.41 Å². The third-order valence-corrected chi connectivity index (χ3v) is 3.32. The lowest BCUT2D eigenvalue weighted by molar-refractivity contribution is -0.138. The molecule has 0 aliphatic carbocycles. The van der Waals surface area contributed by atoms with Gasteiger partial charge in [-0.15, -0.1) is 0 Å². The molecule has 0 bridgehead atoms. The average Bonchev–Trinajstić information content (AvgIpc) is 2.72. The Bertz CT molecular complexity index is 240. The molecule has 1 rings (SSSR count). The van der Waals surface area contributed by atoms with Gasteiger partial charge in [-0.05, 0) is 20.0 Å². The Morgan fingerprint density at radius 1 is 1.39 bits per heavy atom. The van der Waals surface area contributed by atoms with Crippen LogP contribution in [0.2, 0.25) is 0 Å². The number of alkyl halides is 3. The summed E-state index contributed by atoms with van der Waals surface area (Å²) in [5, 5.41) is 3.28. The molecule has 0 aromatic carbocycles. The van der Waals surface area contributed by atoms with Gasteiger partial charge in [0.1, 0.15) is 0 Å². The lowest BCUT2D eigenvalue weighted by atomic mass is 9.86. The lowest BCUT2D eigenvalue weighted by Gasteiger charge is -2.32. The number of hydrogen-bond donors (Lipinski definition) is 1. The Kier molecular flexibility index (Phi) is 5.88. The highest BCUT2D eigenvalue weighted by Crippen LogP contribution is 2.29. The van der Waals surface area contributed by atoms with E-state index >= 15 is 0 Å². The highest BCUT2D eigenvalue weighted by molar-refractivity contribution is 4.88. The zero-order valence-electron chi connectivity index (χ0n) is 11.1. The summed E-state index contributed by atoms with van der Waals surface area (Å²) < 4.78 is 41.9. The van der Waals surface area contributed by atoms with Crippen LogP contribution in [0.1, 0.15) is 19.8 Å². The van der Waals surface area contributed by atoms with E-state index in [0.29, 0.717) is 19.8 Å². The van der Waals surface area contributed by atoms with Gasteiger partial charge in [0.25, 0.3) is 0 Å². The summed E-state index contributed by atoms with van der Waals surface area (Å²) >= 11 is 0. The fourth-order valence-electron chi connectivity index (χ4n) is 2.33. The molecule has 6 heteroatoms. The summed E-state index contributed by atoms with van der Waals surface area (Å²) in [5.41, 5.74) is -0.0314. The first kappa shape index (κ1) is 15.7. The van der Waals surface area contributed by atoms with Crippen molar-refractivity contribution in [1.29, 1.82) is 0 Å². The van der Waals surface area contributed by atoms with E-state index in [1.165, 1.54) is 0 Å². The van der Waals surface area contributed by atoms with Crippen LogP contribution in [-0.4, -0.2) is 57.5 Å². The van der Waals surface area contributed by atoms with Crippen LogP contribution in [0.15, 0.2) is 0 Å². The van der Waals surface area contributed by atoms with E-state index in [4.69, 9.17) is 4.74 Å². The van der Waals surface area contributed by atoms with Crippen molar-refractivity contribution in [3.63, 3.8) is 0 Å². The molecule has 0 amide bonds. The molecule has 1 heterocycles. The third-order valence-electron chi connectivity index (χ3n) is 3.32. The molecule has 0 spiro atoms. The number of ether oxygens (including phenoxy) is 1. The van der Waals surface area contributed by atoms with Crippen molar-refractivity contribution < 1.29 is 17.9 Å². The molecule has 1 aliphatic heterocycles. The molecule has 0 radical (unpaired) electrons. The first-order valence-electron chi connectivity index (χ1n) is 6.41. The van der Waals surface area contributed by atoms with Gasteiger partial charge in [0.05, 0.1) is 13.0 Å². The fourth-order valence-corrected chi connectivity index (χ4v) is 2.33. The number of halogens is 3. The zero-order chi connectivity index (χ0) is 13.6. The predicted molar refractivity (Wildman–Crippen MR) is 64.6 cm³/mol. The maximum absolute atomic E-state index is 12.2. The molecular formula is C12H23F3N2O. The highest BCUT2D eigenvalue weighted by Gasteiger charge is 2.36. The summed E-state index contributed by atoms with van der Waals surface area (Å²) in [7, 11) is 1.75. The molecule has 0 saturated carbocycles. The molecule has 18 heavy (non-hydrogen) atoms. The summed E-state index contributed by atoms with van der Waals surface area (Å²) in [6.45, 7) is 5.74. The van der Waals surface area contributed by atoms with Gasteiger partial charge in [-0.25, -0.2) is 0 Å². The molecule has 3 nitrogen and oxygen atoms in total. The largest absolute Gasteiger partial charge is 0.390 e. The van der Waals surface area contributed by atoms with Gasteiger partial charge in [-0.3, -0.25) is 0 Å².